The fourth-order valence-electron chi connectivity index (χ4n) is 3.62. The first-order valence-electron chi connectivity index (χ1n) is 9.03. The Balaban J connectivity index is 2.02. The van der Waals surface area contributed by atoms with Gasteiger partial charge in [-0.1, -0.05) is 81.4 Å². The van der Waals surface area contributed by atoms with Crippen LogP contribution in [0.5, 0.6) is 0 Å². The fraction of sp³-hybridized carbons (Fsp3) is 0.429. The van der Waals surface area contributed by atoms with E-state index in [0.29, 0.717) is 12.5 Å². The summed E-state index contributed by atoms with van der Waals surface area (Å²) in [6.07, 6.45) is 0. The molecule has 1 unspecified atom stereocenters. The molecule has 4 heteroatoms. The van der Waals surface area contributed by atoms with Crippen LogP contribution in [0.2, 0.25) is 5.04 Å². The number of hydrogen-bond donors (Lipinski definition) is 1. The zero-order valence-electron chi connectivity index (χ0n) is 15.4. The second kappa shape index (κ2) is 7.42. The Morgan fingerprint density at radius 1 is 1.00 bits per heavy atom. The number of rotatable bonds is 6. The molecular formula is C21H29NO2Si. The van der Waals surface area contributed by atoms with Crippen molar-refractivity contribution >= 4 is 18.7 Å². The second-order valence-electron chi connectivity index (χ2n) is 7.94. The predicted molar refractivity (Wildman–Crippen MR) is 106 cm³/mol. The van der Waals surface area contributed by atoms with Crippen molar-refractivity contribution in [3.05, 3.63) is 60.7 Å². The summed E-state index contributed by atoms with van der Waals surface area (Å²) in [6.45, 7) is 8.95. The largest absolute Gasteiger partial charge is 0.406 e. The van der Waals surface area contributed by atoms with Gasteiger partial charge in [-0.25, -0.2) is 0 Å². The summed E-state index contributed by atoms with van der Waals surface area (Å²) in [6, 6.07) is 21.4. The minimum atomic E-state index is -2.47. The Kier molecular flexibility index (Phi) is 5.44. The van der Waals surface area contributed by atoms with Gasteiger partial charge in [-0.15, -0.1) is 0 Å². The summed E-state index contributed by atoms with van der Waals surface area (Å²) in [5, 5.41) is 2.59. The quantitative estimate of drug-likeness (QED) is 0.810. The standard InChI is InChI=1S/C21H29NO2Si/c1-21(2,3)25(18-10-6-4-7-11-18,19-12-8-5-9-13-19)24-16-20(22)17-14-23-15-17/h4-13,17,20H,14-16,22H2,1-3H3. The van der Waals surface area contributed by atoms with Gasteiger partial charge in [-0.3, -0.25) is 0 Å². The Labute approximate surface area is 152 Å². The summed E-state index contributed by atoms with van der Waals surface area (Å²) in [7, 11) is -2.47. The van der Waals surface area contributed by atoms with Crippen molar-refractivity contribution in [2.24, 2.45) is 11.7 Å². The molecule has 0 aromatic heterocycles. The molecule has 2 aromatic carbocycles. The zero-order chi connectivity index (χ0) is 17.9. The van der Waals surface area contributed by atoms with Gasteiger partial charge in [0.15, 0.2) is 0 Å². The lowest BCUT2D eigenvalue weighted by molar-refractivity contribution is -0.0498. The first kappa shape index (κ1) is 18.3. The average Bonchev–Trinajstić information content (AvgIpc) is 2.54. The average molecular weight is 356 g/mol. The summed E-state index contributed by atoms with van der Waals surface area (Å²) >= 11 is 0. The van der Waals surface area contributed by atoms with Gasteiger partial charge in [0, 0.05) is 12.0 Å². The highest BCUT2D eigenvalue weighted by Crippen LogP contribution is 2.37. The maximum atomic E-state index is 6.84. The maximum absolute atomic E-state index is 6.84. The minimum absolute atomic E-state index is 0.00839. The first-order valence-corrected chi connectivity index (χ1v) is 10.9. The molecule has 1 heterocycles. The molecular weight excluding hydrogens is 326 g/mol. The van der Waals surface area contributed by atoms with Crippen LogP contribution in [0.3, 0.4) is 0 Å². The van der Waals surface area contributed by atoms with Crippen LogP contribution < -0.4 is 16.1 Å². The van der Waals surface area contributed by atoms with Crippen molar-refractivity contribution in [3.8, 4) is 0 Å². The summed E-state index contributed by atoms with van der Waals surface area (Å²) in [4.78, 5) is 0. The molecule has 0 aliphatic carbocycles. The molecule has 1 aliphatic heterocycles. The molecule has 0 amide bonds. The normalized spacial score (nSPS) is 17.1. The van der Waals surface area contributed by atoms with E-state index in [1.807, 2.05) is 0 Å². The van der Waals surface area contributed by atoms with Gasteiger partial charge in [0.2, 0.25) is 0 Å². The third-order valence-electron chi connectivity index (χ3n) is 5.18. The van der Waals surface area contributed by atoms with E-state index in [9.17, 15) is 0 Å². The Bertz CT molecular complexity index is 626. The number of hydrogen-bond acceptors (Lipinski definition) is 3. The zero-order valence-corrected chi connectivity index (χ0v) is 16.4. The van der Waals surface area contributed by atoms with E-state index >= 15 is 0 Å². The molecule has 0 radical (unpaired) electrons. The maximum Gasteiger partial charge on any atom is 0.261 e. The monoisotopic (exact) mass is 355 g/mol. The molecule has 0 spiro atoms. The Hall–Kier alpha value is -1.46. The van der Waals surface area contributed by atoms with Crippen LogP contribution in [0.4, 0.5) is 0 Å². The molecule has 1 aliphatic rings. The van der Waals surface area contributed by atoms with Gasteiger partial charge >= 0.3 is 0 Å². The molecule has 2 aromatic rings. The van der Waals surface area contributed by atoms with Crippen LogP contribution in [0.1, 0.15) is 20.8 Å². The van der Waals surface area contributed by atoms with Crippen molar-refractivity contribution < 1.29 is 9.16 Å². The van der Waals surface area contributed by atoms with E-state index < -0.39 is 8.32 Å². The molecule has 3 nitrogen and oxygen atoms in total. The van der Waals surface area contributed by atoms with E-state index in [4.69, 9.17) is 14.9 Å². The SMILES string of the molecule is CC(C)(C)[Si](OCC(N)C1COC1)(c1ccccc1)c1ccccc1. The van der Waals surface area contributed by atoms with E-state index in [1.54, 1.807) is 0 Å². The van der Waals surface area contributed by atoms with E-state index in [0.717, 1.165) is 13.2 Å². The van der Waals surface area contributed by atoms with Crippen LogP contribution in [0.25, 0.3) is 0 Å². The van der Waals surface area contributed by atoms with Crippen molar-refractivity contribution in [2.45, 2.75) is 31.9 Å². The Morgan fingerprint density at radius 2 is 1.48 bits per heavy atom. The molecule has 1 atom stereocenters. The van der Waals surface area contributed by atoms with E-state index in [2.05, 4.69) is 81.4 Å². The lowest BCUT2D eigenvalue weighted by Crippen LogP contribution is -2.67. The highest BCUT2D eigenvalue weighted by atomic mass is 28.4. The van der Waals surface area contributed by atoms with Gasteiger partial charge in [0.25, 0.3) is 8.32 Å². The summed E-state index contributed by atoms with van der Waals surface area (Å²) < 4.78 is 12.1. The van der Waals surface area contributed by atoms with Crippen LogP contribution in [-0.4, -0.2) is 34.2 Å². The van der Waals surface area contributed by atoms with Crippen molar-refractivity contribution in [2.75, 3.05) is 19.8 Å². The third kappa shape index (κ3) is 3.58. The van der Waals surface area contributed by atoms with Crippen LogP contribution >= 0.6 is 0 Å². The second-order valence-corrected chi connectivity index (χ2v) is 12.2. The predicted octanol–water partition coefficient (Wildman–Crippen LogP) is 2.54. The summed E-state index contributed by atoms with van der Waals surface area (Å²) in [5.74, 6) is 0.415. The first-order chi connectivity index (χ1) is 11.9. The van der Waals surface area contributed by atoms with Gasteiger partial charge in [-0.05, 0) is 15.4 Å². The van der Waals surface area contributed by atoms with E-state index in [1.165, 1.54) is 10.4 Å². The molecule has 1 saturated heterocycles. The van der Waals surface area contributed by atoms with E-state index in [-0.39, 0.29) is 11.1 Å². The summed E-state index contributed by atoms with van der Waals surface area (Å²) in [5.41, 5.74) is 6.40. The molecule has 25 heavy (non-hydrogen) atoms. The van der Waals surface area contributed by atoms with Gasteiger partial charge in [-0.2, -0.15) is 0 Å². The van der Waals surface area contributed by atoms with Gasteiger partial charge < -0.3 is 14.9 Å². The molecule has 2 N–H and O–H groups in total. The fourth-order valence-corrected chi connectivity index (χ4v) is 8.22. The van der Waals surface area contributed by atoms with Crippen molar-refractivity contribution in [3.63, 3.8) is 0 Å². The highest BCUT2D eigenvalue weighted by Gasteiger charge is 2.50. The van der Waals surface area contributed by atoms with Gasteiger partial charge in [0.1, 0.15) is 0 Å². The number of ether oxygens (including phenoxy) is 1. The number of benzene rings is 2. The van der Waals surface area contributed by atoms with Crippen molar-refractivity contribution in [1.82, 2.24) is 0 Å². The molecule has 0 saturated carbocycles. The topological polar surface area (TPSA) is 44.5 Å². The van der Waals surface area contributed by atoms with Crippen molar-refractivity contribution in [1.29, 1.82) is 0 Å². The Morgan fingerprint density at radius 3 is 1.84 bits per heavy atom. The third-order valence-corrected chi connectivity index (χ3v) is 10.2. The smallest absolute Gasteiger partial charge is 0.261 e. The highest BCUT2D eigenvalue weighted by molar-refractivity contribution is 6.99. The lowest BCUT2D eigenvalue weighted by Gasteiger charge is -2.44. The minimum Gasteiger partial charge on any atom is -0.406 e. The lowest BCUT2D eigenvalue weighted by atomic mass is 10.0. The van der Waals surface area contributed by atoms with Crippen LogP contribution in [-0.2, 0) is 9.16 Å². The number of nitrogens with two attached hydrogens (primary N) is 1. The van der Waals surface area contributed by atoms with Gasteiger partial charge in [0.05, 0.1) is 19.8 Å². The van der Waals surface area contributed by atoms with Crippen LogP contribution in [0.15, 0.2) is 60.7 Å². The molecule has 3 rings (SSSR count). The van der Waals surface area contributed by atoms with Crippen LogP contribution in [0, 0.1) is 5.92 Å². The molecule has 134 valence electrons. The molecule has 0 bridgehead atoms. The molecule has 1 fully saturated rings.